The molecule has 4 rings (SSSR count). The van der Waals surface area contributed by atoms with Gasteiger partial charge in [-0.1, -0.05) is 27.2 Å². The number of fused-ring (bicyclic) bond motifs is 2. The van der Waals surface area contributed by atoms with Crippen molar-refractivity contribution in [3.05, 3.63) is 12.3 Å². The second kappa shape index (κ2) is 5.21. The largest absolute Gasteiger partial charge is 0.498 e. The van der Waals surface area contributed by atoms with Gasteiger partial charge in [0.1, 0.15) is 12.2 Å². The smallest absolute Gasteiger partial charge is 0.124 e. The van der Waals surface area contributed by atoms with Crippen LogP contribution in [0.3, 0.4) is 0 Å². The van der Waals surface area contributed by atoms with E-state index in [1.54, 1.807) is 6.26 Å². The van der Waals surface area contributed by atoms with Gasteiger partial charge in [0.25, 0.3) is 0 Å². The molecular weight excluding hydrogens is 304 g/mol. The van der Waals surface area contributed by atoms with Crippen LogP contribution in [0.5, 0.6) is 0 Å². The molecule has 0 aromatic rings. The van der Waals surface area contributed by atoms with Gasteiger partial charge in [-0.15, -0.1) is 0 Å². The summed E-state index contributed by atoms with van der Waals surface area (Å²) in [7, 11) is 0. The molecule has 2 spiro atoms. The molecule has 0 amide bonds. The summed E-state index contributed by atoms with van der Waals surface area (Å²) in [5.41, 5.74) is -0.844. The molecule has 2 heterocycles. The Morgan fingerprint density at radius 2 is 1.96 bits per heavy atom. The summed E-state index contributed by atoms with van der Waals surface area (Å²) in [5, 5.41) is 21.1. The topological polar surface area (TPSA) is 58.9 Å². The zero-order chi connectivity index (χ0) is 17.2. The molecule has 1 saturated heterocycles. The number of aliphatic hydroxyl groups excluding tert-OH is 2. The van der Waals surface area contributed by atoms with Gasteiger partial charge in [0.2, 0.25) is 0 Å². The molecule has 2 N–H and O–H groups in total. The van der Waals surface area contributed by atoms with Crippen LogP contribution in [0.2, 0.25) is 0 Å². The Hall–Kier alpha value is -0.580. The Labute approximate surface area is 145 Å². The van der Waals surface area contributed by atoms with Crippen molar-refractivity contribution in [2.75, 3.05) is 13.2 Å². The molecule has 2 saturated carbocycles. The molecule has 0 bridgehead atoms. The van der Waals surface area contributed by atoms with Crippen LogP contribution in [0.4, 0.5) is 0 Å². The fourth-order valence-electron chi connectivity index (χ4n) is 6.97. The Bertz CT molecular complexity index is 548. The van der Waals surface area contributed by atoms with E-state index in [1.807, 2.05) is 0 Å². The van der Waals surface area contributed by atoms with Crippen LogP contribution in [0.1, 0.15) is 59.3 Å². The summed E-state index contributed by atoms with van der Waals surface area (Å²) in [6, 6.07) is 0. The molecular formula is C20H32O4. The second-order valence-corrected chi connectivity index (χ2v) is 9.44. The summed E-state index contributed by atoms with van der Waals surface area (Å²) in [6.45, 7) is 7.48. The maximum absolute atomic E-state index is 11.0. The fourth-order valence-corrected chi connectivity index (χ4v) is 6.97. The van der Waals surface area contributed by atoms with Crippen LogP contribution in [-0.2, 0) is 9.47 Å². The summed E-state index contributed by atoms with van der Waals surface area (Å²) in [5.74, 6) is 0.393. The van der Waals surface area contributed by atoms with E-state index < -0.39 is 0 Å². The summed E-state index contributed by atoms with van der Waals surface area (Å²) >= 11 is 0. The minimum Gasteiger partial charge on any atom is -0.498 e. The van der Waals surface area contributed by atoms with Crippen molar-refractivity contribution < 1.29 is 19.7 Å². The lowest BCUT2D eigenvalue weighted by molar-refractivity contribution is -0.270. The highest BCUT2D eigenvalue weighted by atomic mass is 16.6. The Morgan fingerprint density at radius 1 is 1.17 bits per heavy atom. The molecule has 4 heteroatoms. The summed E-state index contributed by atoms with van der Waals surface area (Å²) < 4.78 is 12.4. The average Bonchev–Trinajstić information content (AvgIpc) is 3.15. The number of ether oxygens (including phenoxy) is 2. The summed E-state index contributed by atoms with van der Waals surface area (Å²) in [6.07, 6.45) is 9.42. The monoisotopic (exact) mass is 336 g/mol. The number of hydrogen-bond donors (Lipinski definition) is 2. The van der Waals surface area contributed by atoms with Crippen molar-refractivity contribution in [2.45, 2.75) is 76.6 Å². The van der Waals surface area contributed by atoms with Crippen molar-refractivity contribution in [3.8, 4) is 0 Å². The first-order chi connectivity index (χ1) is 11.3. The third kappa shape index (κ3) is 1.96. The number of rotatable bonds is 1. The van der Waals surface area contributed by atoms with E-state index in [0.29, 0.717) is 12.5 Å². The molecule has 4 nitrogen and oxygen atoms in total. The molecule has 4 aliphatic rings. The average molecular weight is 336 g/mol. The maximum Gasteiger partial charge on any atom is 0.124 e. The molecule has 24 heavy (non-hydrogen) atoms. The molecule has 2 aliphatic heterocycles. The van der Waals surface area contributed by atoms with Gasteiger partial charge in [0.05, 0.1) is 18.0 Å². The lowest BCUT2D eigenvalue weighted by Gasteiger charge is -2.65. The molecule has 2 aliphatic carbocycles. The van der Waals surface area contributed by atoms with Crippen molar-refractivity contribution in [1.29, 1.82) is 0 Å². The van der Waals surface area contributed by atoms with E-state index >= 15 is 0 Å². The third-order valence-corrected chi connectivity index (χ3v) is 8.09. The standard InChI is InChI=1S/C20H32O4/c1-14-11-15(22)16-17(2,12-21)5-4-6-18(16,3)20(14)8-7-19(24-20)9-10-23-13-19/h9-10,14-16,21-22H,4-8,11-13H2,1-3H3/t14-,15-,16+,17-,18+,19+,20-/m1/s1. The normalized spacial score (nSPS) is 56.6. The zero-order valence-corrected chi connectivity index (χ0v) is 15.3. The van der Waals surface area contributed by atoms with E-state index in [1.165, 1.54) is 0 Å². The predicted octanol–water partition coefficient (Wildman–Crippen LogP) is 3.02. The quantitative estimate of drug-likeness (QED) is 0.773. The lowest BCUT2D eigenvalue weighted by Crippen LogP contribution is -2.67. The molecule has 7 atom stereocenters. The Kier molecular flexibility index (Phi) is 3.66. The van der Waals surface area contributed by atoms with E-state index in [4.69, 9.17) is 9.47 Å². The van der Waals surface area contributed by atoms with E-state index in [2.05, 4.69) is 26.8 Å². The molecule has 0 radical (unpaired) electrons. The van der Waals surface area contributed by atoms with E-state index in [-0.39, 0.29) is 40.7 Å². The van der Waals surface area contributed by atoms with Crippen LogP contribution in [0, 0.1) is 22.7 Å². The van der Waals surface area contributed by atoms with Crippen LogP contribution < -0.4 is 0 Å². The van der Waals surface area contributed by atoms with Gasteiger partial charge in [0.15, 0.2) is 0 Å². The van der Waals surface area contributed by atoms with Crippen molar-refractivity contribution in [2.24, 2.45) is 22.7 Å². The highest BCUT2D eigenvalue weighted by Crippen LogP contribution is 2.67. The van der Waals surface area contributed by atoms with Crippen LogP contribution in [0.15, 0.2) is 12.3 Å². The first-order valence-corrected chi connectivity index (χ1v) is 9.59. The molecule has 136 valence electrons. The van der Waals surface area contributed by atoms with Crippen LogP contribution >= 0.6 is 0 Å². The number of aliphatic hydroxyl groups is 2. The summed E-state index contributed by atoms with van der Waals surface area (Å²) in [4.78, 5) is 0. The van der Waals surface area contributed by atoms with Gasteiger partial charge < -0.3 is 19.7 Å². The van der Waals surface area contributed by atoms with Gasteiger partial charge in [-0.05, 0) is 49.5 Å². The minimum absolute atomic E-state index is 0.0846. The Balaban J connectivity index is 1.78. The van der Waals surface area contributed by atoms with Gasteiger partial charge in [-0.25, -0.2) is 0 Å². The SMILES string of the molecule is C[C@@H]1C[C@@H](O)[C@H]2[C@@](C)(CO)CCC[C@]2(C)[C@@]12CC[C@@]1(C=COC1)O2. The van der Waals surface area contributed by atoms with Gasteiger partial charge in [-0.2, -0.15) is 0 Å². The van der Waals surface area contributed by atoms with E-state index in [9.17, 15) is 10.2 Å². The maximum atomic E-state index is 11.0. The third-order valence-electron chi connectivity index (χ3n) is 8.09. The van der Waals surface area contributed by atoms with Crippen LogP contribution in [-0.4, -0.2) is 40.7 Å². The van der Waals surface area contributed by atoms with Gasteiger partial charge >= 0.3 is 0 Å². The first-order valence-electron chi connectivity index (χ1n) is 9.59. The van der Waals surface area contributed by atoms with Crippen LogP contribution in [0.25, 0.3) is 0 Å². The molecule has 3 fully saturated rings. The van der Waals surface area contributed by atoms with E-state index in [0.717, 1.165) is 38.5 Å². The fraction of sp³-hybridized carbons (Fsp3) is 0.900. The molecule has 0 aromatic heterocycles. The predicted molar refractivity (Wildman–Crippen MR) is 91.3 cm³/mol. The van der Waals surface area contributed by atoms with Gasteiger partial charge in [-0.3, -0.25) is 0 Å². The number of hydrogen-bond acceptors (Lipinski definition) is 4. The molecule has 0 aromatic carbocycles. The second-order valence-electron chi connectivity index (χ2n) is 9.44. The van der Waals surface area contributed by atoms with Crippen molar-refractivity contribution in [1.82, 2.24) is 0 Å². The highest BCUT2D eigenvalue weighted by Gasteiger charge is 2.69. The molecule has 0 unspecified atom stereocenters. The highest BCUT2D eigenvalue weighted by molar-refractivity contribution is 5.21. The van der Waals surface area contributed by atoms with Gasteiger partial charge in [0, 0.05) is 17.9 Å². The Morgan fingerprint density at radius 3 is 2.62 bits per heavy atom. The lowest BCUT2D eigenvalue weighted by atomic mass is 9.43. The zero-order valence-electron chi connectivity index (χ0n) is 15.3. The minimum atomic E-state index is -0.358. The first kappa shape index (κ1) is 16.9. The van der Waals surface area contributed by atoms with Crippen molar-refractivity contribution >= 4 is 0 Å². The van der Waals surface area contributed by atoms with Crippen molar-refractivity contribution in [3.63, 3.8) is 0 Å².